The van der Waals surface area contributed by atoms with Crippen LogP contribution in [0.1, 0.15) is 23.3 Å². The van der Waals surface area contributed by atoms with E-state index in [0.29, 0.717) is 11.6 Å². The minimum atomic E-state index is -0.0920. The summed E-state index contributed by atoms with van der Waals surface area (Å²) in [5, 5.41) is 13.5. The van der Waals surface area contributed by atoms with E-state index in [-0.39, 0.29) is 17.7 Å². The third-order valence-electron chi connectivity index (χ3n) is 4.64. The fourth-order valence-electron chi connectivity index (χ4n) is 3.46. The van der Waals surface area contributed by atoms with E-state index in [1.165, 1.54) is 24.4 Å². The number of phenols is 1. The summed E-state index contributed by atoms with van der Waals surface area (Å²) in [5.41, 5.74) is 0.478. The molecule has 0 saturated carbocycles. The number of piperidine rings is 3. The molecule has 0 radical (unpaired) electrons. The highest BCUT2D eigenvalue weighted by molar-refractivity contribution is 7.13. The molecule has 5 nitrogen and oxygen atoms in total. The molecule has 2 N–H and O–H groups in total. The molecule has 3 fully saturated rings. The van der Waals surface area contributed by atoms with Crippen molar-refractivity contribution in [3.63, 3.8) is 0 Å². The van der Waals surface area contributed by atoms with Crippen LogP contribution in [0.15, 0.2) is 18.2 Å². The zero-order chi connectivity index (χ0) is 14.4. The Labute approximate surface area is 126 Å². The Kier molecular flexibility index (Phi) is 3.08. The van der Waals surface area contributed by atoms with Gasteiger partial charge < -0.3 is 15.3 Å². The zero-order valence-electron chi connectivity index (χ0n) is 11.6. The molecule has 2 bridgehead atoms. The molecule has 0 spiro atoms. The second kappa shape index (κ2) is 4.96. The average molecular weight is 303 g/mol. The number of phenolic OH excluding ortho intramolecular Hbond substituents is 1. The predicted octanol–water partition coefficient (Wildman–Crippen LogP) is 1.83. The van der Waals surface area contributed by atoms with Crippen LogP contribution in [0.3, 0.4) is 0 Å². The molecule has 3 aliphatic heterocycles. The monoisotopic (exact) mass is 303 g/mol. The maximum absolute atomic E-state index is 12.5. The van der Waals surface area contributed by atoms with E-state index in [1.807, 2.05) is 0 Å². The smallest absolute Gasteiger partial charge is 0.271 e. The summed E-state index contributed by atoms with van der Waals surface area (Å²) >= 11 is 1.25. The fraction of sp³-hybridized carbons (Fsp3) is 0.467. The molecule has 1 amide bonds. The Hall–Kier alpha value is -1.66. The highest BCUT2D eigenvalue weighted by Crippen LogP contribution is 2.29. The van der Waals surface area contributed by atoms with E-state index in [1.54, 1.807) is 18.2 Å². The van der Waals surface area contributed by atoms with Gasteiger partial charge in [0.1, 0.15) is 11.4 Å². The lowest BCUT2D eigenvalue weighted by atomic mass is 9.84. The molecule has 21 heavy (non-hydrogen) atoms. The minimum absolute atomic E-state index is 0.0920. The van der Waals surface area contributed by atoms with Crippen LogP contribution in [0.4, 0.5) is 0 Å². The van der Waals surface area contributed by atoms with Gasteiger partial charge in [-0.25, -0.2) is 0 Å². The first kappa shape index (κ1) is 13.0. The van der Waals surface area contributed by atoms with Gasteiger partial charge in [-0.3, -0.25) is 4.79 Å². The lowest BCUT2D eigenvalue weighted by molar-refractivity contribution is 0.0619. The van der Waals surface area contributed by atoms with Gasteiger partial charge in [-0.1, -0.05) is 0 Å². The molecule has 5 rings (SSSR count). The number of rotatable bonds is 2. The van der Waals surface area contributed by atoms with E-state index in [0.717, 1.165) is 29.7 Å². The van der Waals surface area contributed by atoms with Gasteiger partial charge in [0.2, 0.25) is 0 Å². The second-order valence-corrected chi connectivity index (χ2v) is 6.73. The summed E-state index contributed by atoms with van der Waals surface area (Å²) in [5.74, 6) is 0.717. The van der Waals surface area contributed by atoms with Gasteiger partial charge in [0.25, 0.3) is 5.91 Å². The third-order valence-corrected chi connectivity index (χ3v) is 5.45. The Morgan fingerprint density at radius 3 is 2.90 bits per heavy atom. The van der Waals surface area contributed by atoms with Crippen LogP contribution in [-0.4, -0.2) is 46.0 Å². The van der Waals surface area contributed by atoms with Crippen LogP contribution < -0.4 is 5.32 Å². The molecule has 110 valence electrons. The zero-order valence-corrected chi connectivity index (χ0v) is 12.4. The number of aromatic hydroxyl groups is 1. The summed E-state index contributed by atoms with van der Waals surface area (Å²) in [7, 11) is 0. The van der Waals surface area contributed by atoms with Gasteiger partial charge in [0.15, 0.2) is 0 Å². The van der Waals surface area contributed by atoms with Crippen LogP contribution in [-0.2, 0) is 0 Å². The summed E-state index contributed by atoms with van der Waals surface area (Å²) in [6, 6.07) is 5.26. The SMILES string of the molecule is O=C(N[C@@H]1CN2CCC1CC2)c1nsc2cc(O)ccc12. The maximum Gasteiger partial charge on any atom is 0.271 e. The van der Waals surface area contributed by atoms with Gasteiger partial charge in [0, 0.05) is 18.0 Å². The molecule has 1 aromatic carbocycles. The number of nitrogens with one attached hydrogen (secondary N) is 1. The summed E-state index contributed by atoms with van der Waals surface area (Å²) < 4.78 is 5.11. The standard InChI is InChI=1S/C15H17N3O2S/c19-10-1-2-11-13(7-10)21-17-14(11)15(20)16-12-8-18-5-3-9(12)4-6-18/h1-2,7,9,12,19H,3-6,8H2,(H,16,20)/t12-/m1/s1. The van der Waals surface area contributed by atoms with E-state index in [9.17, 15) is 9.90 Å². The number of nitrogens with zero attached hydrogens (tertiary/aromatic N) is 2. The first-order valence-corrected chi connectivity index (χ1v) is 8.09. The van der Waals surface area contributed by atoms with Crippen molar-refractivity contribution >= 4 is 27.5 Å². The molecule has 6 heteroatoms. The number of hydrogen-bond donors (Lipinski definition) is 2. The first-order valence-electron chi connectivity index (χ1n) is 7.32. The van der Waals surface area contributed by atoms with Crippen molar-refractivity contribution in [2.24, 2.45) is 5.92 Å². The molecule has 1 atom stereocenters. The van der Waals surface area contributed by atoms with Crippen molar-refractivity contribution in [1.29, 1.82) is 0 Å². The van der Waals surface area contributed by atoms with E-state index in [4.69, 9.17) is 0 Å². The van der Waals surface area contributed by atoms with Gasteiger partial charge in [-0.05, 0) is 61.6 Å². The van der Waals surface area contributed by atoms with Crippen LogP contribution >= 0.6 is 11.5 Å². The minimum Gasteiger partial charge on any atom is -0.508 e. The molecule has 0 aliphatic carbocycles. The Bertz CT molecular complexity index is 691. The molecule has 1 aromatic heterocycles. The van der Waals surface area contributed by atoms with Gasteiger partial charge in [0.05, 0.1) is 4.70 Å². The number of aromatic nitrogens is 1. The lowest BCUT2D eigenvalue weighted by Crippen LogP contribution is -2.57. The molecule has 3 aliphatic rings. The molecule has 0 unspecified atom stereocenters. The van der Waals surface area contributed by atoms with Crippen molar-refractivity contribution in [2.45, 2.75) is 18.9 Å². The Morgan fingerprint density at radius 1 is 1.38 bits per heavy atom. The topological polar surface area (TPSA) is 65.5 Å². The summed E-state index contributed by atoms with van der Waals surface area (Å²) in [6.45, 7) is 3.28. The highest BCUT2D eigenvalue weighted by atomic mass is 32.1. The summed E-state index contributed by atoms with van der Waals surface area (Å²) in [4.78, 5) is 14.9. The Balaban J connectivity index is 1.56. The molecular formula is C15H17N3O2S. The molecule has 3 saturated heterocycles. The first-order chi connectivity index (χ1) is 10.2. The van der Waals surface area contributed by atoms with Gasteiger partial charge in [-0.15, -0.1) is 0 Å². The van der Waals surface area contributed by atoms with Crippen LogP contribution in [0.25, 0.3) is 10.1 Å². The predicted molar refractivity (Wildman–Crippen MR) is 81.7 cm³/mol. The molecular weight excluding hydrogens is 286 g/mol. The quantitative estimate of drug-likeness (QED) is 0.888. The summed E-state index contributed by atoms with van der Waals surface area (Å²) in [6.07, 6.45) is 2.35. The molecule has 2 aromatic rings. The normalized spacial score (nSPS) is 27.9. The third kappa shape index (κ3) is 2.28. The number of hydrogen-bond acceptors (Lipinski definition) is 5. The number of carbonyl (C=O) groups excluding carboxylic acids is 1. The number of benzene rings is 1. The van der Waals surface area contributed by atoms with Crippen LogP contribution in [0, 0.1) is 5.92 Å². The average Bonchev–Trinajstić information content (AvgIpc) is 2.91. The van der Waals surface area contributed by atoms with Crippen LogP contribution in [0.2, 0.25) is 0 Å². The second-order valence-electron chi connectivity index (χ2n) is 5.93. The largest absolute Gasteiger partial charge is 0.508 e. The molecule has 4 heterocycles. The van der Waals surface area contributed by atoms with Crippen molar-refractivity contribution in [2.75, 3.05) is 19.6 Å². The van der Waals surface area contributed by atoms with Gasteiger partial charge >= 0.3 is 0 Å². The van der Waals surface area contributed by atoms with Crippen molar-refractivity contribution in [3.8, 4) is 5.75 Å². The van der Waals surface area contributed by atoms with Crippen molar-refractivity contribution < 1.29 is 9.90 Å². The van der Waals surface area contributed by atoms with Crippen molar-refractivity contribution in [3.05, 3.63) is 23.9 Å². The number of amides is 1. The Morgan fingerprint density at radius 2 is 2.19 bits per heavy atom. The maximum atomic E-state index is 12.5. The fourth-order valence-corrected chi connectivity index (χ4v) is 4.26. The highest BCUT2D eigenvalue weighted by Gasteiger charge is 2.35. The number of carbonyl (C=O) groups is 1. The van der Waals surface area contributed by atoms with Crippen molar-refractivity contribution in [1.82, 2.24) is 14.6 Å². The van der Waals surface area contributed by atoms with E-state index < -0.39 is 0 Å². The lowest BCUT2D eigenvalue weighted by Gasteiger charge is -2.44. The van der Waals surface area contributed by atoms with Crippen LogP contribution in [0.5, 0.6) is 5.75 Å². The van der Waals surface area contributed by atoms with Gasteiger partial charge in [-0.2, -0.15) is 4.37 Å². The van der Waals surface area contributed by atoms with E-state index >= 15 is 0 Å². The van der Waals surface area contributed by atoms with E-state index in [2.05, 4.69) is 14.6 Å². The number of fused-ring (bicyclic) bond motifs is 4.